The van der Waals surface area contributed by atoms with Gasteiger partial charge in [0.2, 0.25) is 0 Å². The molecule has 0 radical (unpaired) electrons. The van der Waals surface area contributed by atoms with E-state index in [-0.39, 0.29) is 74.6 Å². The summed E-state index contributed by atoms with van der Waals surface area (Å²) in [7, 11) is 0. The first-order valence-electron chi connectivity index (χ1n) is 0. The zero-order chi connectivity index (χ0) is 0. The van der Waals surface area contributed by atoms with Gasteiger partial charge in [-0.05, 0) is 0 Å². The summed E-state index contributed by atoms with van der Waals surface area (Å²) in [5.41, 5.74) is 0. The molecule has 0 spiro atoms. The van der Waals surface area contributed by atoms with Crippen LogP contribution in [0, 0.1) is 0 Å². The predicted molar refractivity (Wildman–Crippen MR) is 32.6 cm³/mol. The summed E-state index contributed by atoms with van der Waals surface area (Å²) >= 11 is 0. The zero-order valence-electron chi connectivity index (χ0n) is 2.49. The van der Waals surface area contributed by atoms with Crippen LogP contribution in [0.2, 0.25) is 0 Å². The number of hydrogen-bond acceptors (Lipinski definition) is 0. The molecule has 0 aliphatic heterocycles. The van der Waals surface area contributed by atoms with Crippen LogP contribution < -0.4 is 0 Å². The molecule has 0 aliphatic carbocycles. The Kier molecular flexibility index (Phi) is 1410. The molecule has 0 amide bonds. The molecule has 0 aliphatic rings. The maximum Gasteiger partial charge on any atom is 0 e. The van der Waals surface area contributed by atoms with Gasteiger partial charge < -0.3 is 5.48 Å². The molecular weight excluding hydrogens is 259 g/mol. The predicted octanol–water partition coefficient (Wildman–Crippen LogP) is 0.860. The normalized spacial score (nSPS) is 0. The summed E-state index contributed by atoms with van der Waals surface area (Å²) < 4.78 is 0. The van der Waals surface area contributed by atoms with Gasteiger partial charge >= 0.3 is 0 Å². The fourth-order valence-electron chi connectivity index (χ4n) is 0. The Bertz CT molecular complexity index is 7.51. The molecule has 0 saturated heterocycles. The fraction of sp³-hybridized carbons (Fsp3) is 0. The molecule has 48 valence electrons. The maximum atomic E-state index is 0. The summed E-state index contributed by atoms with van der Waals surface area (Å²) in [6, 6.07) is 0. The first kappa shape index (κ1) is 116. The van der Waals surface area contributed by atoms with E-state index in [1.54, 1.807) is 0 Å². The Morgan fingerprint density at radius 2 is 0.500 bits per heavy atom. The number of hydrogen-bond donors (Lipinski definition) is 0. The molecule has 0 heterocycles. The third kappa shape index (κ3) is 42.5. The van der Waals surface area contributed by atoms with E-state index in [1.807, 2.05) is 0 Å². The fourth-order valence-corrected chi connectivity index (χ4v) is 0. The summed E-state index contributed by atoms with van der Waals surface area (Å²) in [5.74, 6) is 0. The third-order valence-electron chi connectivity index (χ3n) is 0. The van der Waals surface area contributed by atoms with Crippen LogP contribution in [0.15, 0.2) is 0 Å². The molecule has 6 heavy (non-hydrogen) atoms. The molecular formula is H6Cl4ORu. The van der Waals surface area contributed by atoms with Gasteiger partial charge in [-0.1, -0.05) is 0 Å². The summed E-state index contributed by atoms with van der Waals surface area (Å²) in [6.07, 6.45) is 0. The van der Waals surface area contributed by atoms with Crippen LogP contribution in [0.25, 0.3) is 0 Å². The van der Waals surface area contributed by atoms with Gasteiger partial charge in [-0.3, -0.25) is 0 Å². The second kappa shape index (κ2) is 73.2. The Hall–Kier alpha value is 1.74. The molecule has 0 aromatic heterocycles. The van der Waals surface area contributed by atoms with E-state index < -0.39 is 0 Å². The van der Waals surface area contributed by atoms with Crippen molar-refractivity contribution in [1.29, 1.82) is 0 Å². The van der Waals surface area contributed by atoms with Crippen molar-refractivity contribution in [2.24, 2.45) is 0 Å². The number of halogens is 4. The van der Waals surface area contributed by atoms with Crippen LogP contribution in [0.3, 0.4) is 0 Å². The van der Waals surface area contributed by atoms with Gasteiger partial charge in [-0.25, -0.2) is 0 Å². The first-order chi connectivity index (χ1) is 0. The minimum absolute atomic E-state index is 0. The molecule has 0 aromatic carbocycles. The number of rotatable bonds is 0. The quantitative estimate of drug-likeness (QED) is 0.582. The Balaban J connectivity index is 0. The van der Waals surface area contributed by atoms with E-state index in [1.165, 1.54) is 0 Å². The van der Waals surface area contributed by atoms with Gasteiger partial charge in [-0.15, -0.1) is 49.6 Å². The molecule has 0 atom stereocenters. The Morgan fingerprint density at radius 3 is 0.500 bits per heavy atom. The molecule has 0 fully saturated rings. The van der Waals surface area contributed by atoms with Crippen LogP contribution in [0.5, 0.6) is 0 Å². The van der Waals surface area contributed by atoms with Crippen LogP contribution >= 0.6 is 49.6 Å². The maximum absolute atomic E-state index is 0. The molecule has 0 aromatic rings. The van der Waals surface area contributed by atoms with Crippen molar-refractivity contribution < 1.29 is 25.0 Å². The van der Waals surface area contributed by atoms with E-state index in [4.69, 9.17) is 0 Å². The zero-order valence-corrected chi connectivity index (χ0v) is 7.49. The second-order valence-electron chi connectivity index (χ2n) is 0. The minimum Gasteiger partial charge on any atom is -0.412 e. The molecule has 0 saturated carbocycles. The molecule has 0 unspecified atom stereocenters. The van der Waals surface area contributed by atoms with E-state index in [2.05, 4.69) is 0 Å². The molecule has 0 rings (SSSR count). The van der Waals surface area contributed by atoms with Crippen molar-refractivity contribution in [2.75, 3.05) is 0 Å². The van der Waals surface area contributed by atoms with Crippen molar-refractivity contribution in [3.8, 4) is 0 Å². The standard InChI is InChI=1S/4ClH.H2O.Ru/h4*1H;1H2;. The van der Waals surface area contributed by atoms with Gasteiger partial charge in [0.1, 0.15) is 0 Å². The SMILES string of the molecule is Cl.Cl.Cl.Cl.O.[Ru]. The van der Waals surface area contributed by atoms with Gasteiger partial charge in [0, 0.05) is 19.5 Å². The topological polar surface area (TPSA) is 31.5 Å². The van der Waals surface area contributed by atoms with Crippen molar-refractivity contribution >= 4 is 49.6 Å². The largest absolute Gasteiger partial charge is 0.412 e. The molecule has 2 N–H and O–H groups in total. The van der Waals surface area contributed by atoms with Crippen molar-refractivity contribution in [3.05, 3.63) is 0 Å². The van der Waals surface area contributed by atoms with Crippen LogP contribution in [0.4, 0.5) is 0 Å². The van der Waals surface area contributed by atoms with E-state index >= 15 is 0 Å². The summed E-state index contributed by atoms with van der Waals surface area (Å²) in [4.78, 5) is 0. The van der Waals surface area contributed by atoms with Crippen LogP contribution in [-0.2, 0) is 19.5 Å². The monoisotopic (exact) mass is 264 g/mol. The van der Waals surface area contributed by atoms with E-state index in [9.17, 15) is 0 Å². The average molecular weight is 265 g/mol. The van der Waals surface area contributed by atoms with Crippen molar-refractivity contribution in [2.45, 2.75) is 0 Å². The van der Waals surface area contributed by atoms with E-state index in [0.29, 0.717) is 0 Å². The summed E-state index contributed by atoms with van der Waals surface area (Å²) in [6.45, 7) is 0. The van der Waals surface area contributed by atoms with Gasteiger partial charge in [-0.2, -0.15) is 0 Å². The second-order valence-corrected chi connectivity index (χ2v) is 0. The van der Waals surface area contributed by atoms with Gasteiger partial charge in [0.05, 0.1) is 0 Å². The Morgan fingerprint density at radius 1 is 0.500 bits per heavy atom. The minimum atomic E-state index is 0. The van der Waals surface area contributed by atoms with Crippen molar-refractivity contribution in [1.82, 2.24) is 0 Å². The summed E-state index contributed by atoms with van der Waals surface area (Å²) in [5, 5.41) is 0. The van der Waals surface area contributed by atoms with Crippen LogP contribution in [-0.4, -0.2) is 5.48 Å². The first-order valence-corrected chi connectivity index (χ1v) is 0. The Labute approximate surface area is 74.3 Å². The van der Waals surface area contributed by atoms with Gasteiger partial charge in [0.25, 0.3) is 0 Å². The van der Waals surface area contributed by atoms with E-state index in [0.717, 1.165) is 0 Å². The smallest absolute Gasteiger partial charge is 0 e. The molecule has 6 heteroatoms. The van der Waals surface area contributed by atoms with Crippen LogP contribution in [0.1, 0.15) is 0 Å². The van der Waals surface area contributed by atoms with Crippen molar-refractivity contribution in [3.63, 3.8) is 0 Å². The molecule has 0 bridgehead atoms. The van der Waals surface area contributed by atoms with Gasteiger partial charge in [0.15, 0.2) is 0 Å². The average Bonchev–Trinajstić information content (AvgIpc) is 0. The third-order valence-corrected chi connectivity index (χ3v) is 0. The molecule has 1 nitrogen and oxygen atoms in total.